The molecule has 1 unspecified atom stereocenters. The number of carbonyl (C=O) groups is 2. The van der Waals surface area contributed by atoms with Gasteiger partial charge in [0.25, 0.3) is 0 Å². The normalized spacial score (nSPS) is 22.2. The average Bonchev–Trinajstić information content (AvgIpc) is 2.41. The first-order chi connectivity index (χ1) is 6.13. The molecule has 0 aromatic heterocycles. The Kier molecular flexibility index (Phi) is 3.25. The Hall–Kier alpha value is -1.10. The predicted octanol–water partition coefficient (Wildman–Crippen LogP) is -0.857. The second kappa shape index (κ2) is 4.23. The largest absolute Gasteiger partial charge is 0.469 e. The highest BCUT2D eigenvalue weighted by Gasteiger charge is 2.27. The van der Waals surface area contributed by atoms with Crippen LogP contribution in [0.1, 0.15) is 12.8 Å². The number of likely N-dealkylation sites (tertiary alicyclic amines) is 1. The summed E-state index contributed by atoms with van der Waals surface area (Å²) >= 11 is 0. The summed E-state index contributed by atoms with van der Waals surface area (Å²) in [7, 11) is 1.31. The minimum absolute atomic E-state index is 0.101. The van der Waals surface area contributed by atoms with Gasteiger partial charge in [0.05, 0.1) is 26.1 Å². The fraction of sp³-hybridized carbons (Fsp3) is 0.750. The van der Waals surface area contributed by atoms with Crippen LogP contribution < -0.4 is 0 Å². The number of carbonyl (C=O) groups excluding carboxylic acids is 2. The van der Waals surface area contributed by atoms with E-state index in [1.807, 2.05) is 0 Å². The van der Waals surface area contributed by atoms with Gasteiger partial charge in [-0.25, -0.2) is 0 Å². The van der Waals surface area contributed by atoms with Crippen molar-refractivity contribution < 1.29 is 19.4 Å². The monoisotopic (exact) mass is 187 g/mol. The average molecular weight is 187 g/mol. The van der Waals surface area contributed by atoms with E-state index in [2.05, 4.69) is 4.74 Å². The molecule has 0 aromatic rings. The van der Waals surface area contributed by atoms with Crippen molar-refractivity contribution in [2.24, 2.45) is 0 Å². The van der Waals surface area contributed by atoms with Crippen molar-refractivity contribution >= 4 is 11.9 Å². The molecule has 0 saturated carbocycles. The molecule has 1 heterocycles. The molecule has 0 aromatic carbocycles. The smallest absolute Gasteiger partial charge is 0.307 e. The van der Waals surface area contributed by atoms with Gasteiger partial charge in [-0.05, 0) is 0 Å². The lowest BCUT2D eigenvalue weighted by molar-refractivity contribution is -0.141. The number of hydrogen-bond acceptors (Lipinski definition) is 4. The quantitative estimate of drug-likeness (QED) is 0.584. The van der Waals surface area contributed by atoms with E-state index >= 15 is 0 Å². The first-order valence-electron chi connectivity index (χ1n) is 4.16. The van der Waals surface area contributed by atoms with Gasteiger partial charge in [-0.15, -0.1) is 0 Å². The van der Waals surface area contributed by atoms with E-state index in [1.54, 1.807) is 0 Å². The summed E-state index contributed by atoms with van der Waals surface area (Å²) in [5.41, 5.74) is 0. The van der Waals surface area contributed by atoms with Crippen LogP contribution in [-0.4, -0.2) is 48.2 Å². The molecule has 0 aliphatic carbocycles. The first-order valence-corrected chi connectivity index (χ1v) is 4.16. The van der Waals surface area contributed by atoms with Gasteiger partial charge < -0.3 is 14.7 Å². The van der Waals surface area contributed by atoms with Gasteiger partial charge >= 0.3 is 5.97 Å². The number of rotatable bonds is 3. The maximum absolute atomic E-state index is 11.1. The molecule has 74 valence electrons. The van der Waals surface area contributed by atoms with Crippen LogP contribution in [-0.2, 0) is 14.3 Å². The minimum Gasteiger partial charge on any atom is -0.469 e. The third kappa shape index (κ3) is 2.69. The molecule has 0 bridgehead atoms. The molecule has 5 heteroatoms. The molecule has 1 rings (SSSR count). The Morgan fingerprint density at radius 2 is 2.46 bits per heavy atom. The Morgan fingerprint density at radius 1 is 1.77 bits per heavy atom. The lowest BCUT2D eigenvalue weighted by atomic mass is 10.3. The van der Waals surface area contributed by atoms with Crippen LogP contribution in [0.4, 0.5) is 0 Å². The van der Waals surface area contributed by atoms with Crippen molar-refractivity contribution in [3.05, 3.63) is 0 Å². The molecule has 1 aliphatic heterocycles. The topological polar surface area (TPSA) is 66.8 Å². The van der Waals surface area contributed by atoms with Crippen LogP contribution >= 0.6 is 0 Å². The summed E-state index contributed by atoms with van der Waals surface area (Å²) in [5, 5.41) is 9.11. The molecular weight excluding hydrogens is 174 g/mol. The minimum atomic E-state index is -0.579. The SMILES string of the molecule is COC(=O)CCN1CC(O)CC1=O. The zero-order valence-electron chi connectivity index (χ0n) is 7.52. The summed E-state index contributed by atoms with van der Waals surface area (Å²) in [6.07, 6.45) is -0.221. The van der Waals surface area contributed by atoms with Gasteiger partial charge in [0.1, 0.15) is 0 Å². The Morgan fingerprint density at radius 3 is 2.92 bits per heavy atom. The van der Waals surface area contributed by atoms with Gasteiger partial charge in [0, 0.05) is 13.1 Å². The Bertz CT molecular complexity index is 216. The van der Waals surface area contributed by atoms with Crippen LogP contribution in [0, 0.1) is 0 Å². The summed E-state index contributed by atoms with van der Waals surface area (Å²) in [6.45, 7) is 0.665. The molecule has 0 radical (unpaired) electrons. The molecule has 1 fully saturated rings. The summed E-state index contributed by atoms with van der Waals surface area (Å²) < 4.78 is 4.43. The fourth-order valence-corrected chi connectivity index (χ4v) is 1.30. The molecule has 1 atom stereocenters. The van der Waals surface area contributed by atoms with Crippen LogP contribution in [0.25, 0.3) is 0 Å². The first kappa shape index (κ1) is 9.98. The van der Waals surface area contributed by atoms with Crippen molar-refractivity contribution in [3.63, 3.8) is 0 Å². The van der Waals surface area contributed by atoms with Crippen molar-refractivity contribution in [1.29, 1.82) is 0 Å². The van der Waals surface area contributed by atoms with Gasteiger partial charge in [0.2, 0.25) is 5.91 Å². The standard InChI is InChI=1S/C8H13NO4/c1-13-8(12)2-3-9-5-6(10)4-7(9)11/h6,10H,2-5H2,1H3. The number of β-amino-alcohol motifs (C(OH)–C–C–N with tert-alkyl or cyclic N) is 1. The third-order valence-electron chi connectivity index (χ3n) is 2.01. The van der Waals surface area contributed by atoms with Crippen molar-refractivity contribution in [3.8, 4) is 0 Å². The number of aliphatic hydroxyl groups excluding tert-OH is 1. The van der Waals surface area contributed by atoms with Gasteiger partial charge in [-0.1, -0.05) is 0 Å². The summed E-state index contributed by atoms with van der Waals surface area (Å²) in [6, 6.07) is 0. The highest BCUT2D eigenvalue weighted by molar-refractivity contribution is 5.79. The Labute approximate surface area is 76.3 Å². The number of ether oxygens (including phenoxy) is 1. The maximum atomic E-state index is 11.1. The summed E-state index contributed by atoms with van der Waals surface area (Å²) in [5.74, 6) is -0.439. The summed E-state index contributed by atoms with van der Waals surface area (Å²) in [4.78, 5) is 23.3. The fourth-order valence-electron chi connectivity index (χ4n) is 1.30. The van der Waals surface area contributed by atoms with Gasteiger partial charge in [-0.2, -0.15) is 0 Å². The third-order valence-corrected chi connectivity index (χ3v) is 2.01. The zero-order valence-corrected chi connectivity index (χ0v) is 7.52. The molecule has 1 amide bonds. The lowest BCUT2D eigenvalue weighted by Gasteiger charge is -2.14. The molecule has 1 aliphatic rings. The highest BCUT2D eigenvalue weighted by atomic mass is 16.5. The second-order valence-electron chi connectivity index (χ2n) is 3.02. The van der Waals surface area contributed by atoms with E-state index in [0.717, 1.165) is 0 Å². The van der Waals surface area contributed by atoms with Crippen LogP contribution in [0.3, 0.4) is 0 Å². The second-order valence-corrected chi connectivity index (χ2v) is 3.02. The lowest BCUT2D eigenvalue weighted by Crippen LogP contribution is -2.28. The van der Waals surface area contributed by atoms with Crippen LogP contribution in [0.15, 0.2) is 0 Å². The van der Waals surface area contributed by atoms with Crippen LogP contribution in [0.2, 0.25) is 0 Å². The Balaban J connectivity index is 2.29. The van der Waals surface area contributed by atoms with Crippen LogP contribution in [0.5, 0.6) is 0 Å². The van der Waals surface area contributed by atoms with E-state index in [1.165, 1.54) is 12.0 Å². The van der Waals surface area contributed by atoms with E-state index in [0.29, 0.717) is 13.1 Å². The number of aliphatic hydroxyl groups is 1. The predicted molar refractivity (Wildman–Crippen MR) is 43.8 cm³/mol. The molecular formula is C8H13NO4. The number of amides is 1. The number of nitrogens with zero attached hydrogens (tertiary/aromatic N) is 1. The number of hydrogen-bond donors (Lipinski definition) is 1. The van der Waals surface area contributed by atoms with E-state index in [9.17, 15) is 9.59 Å². The maximum Gasteiger partial charge on any atom is 0.307 e. The van der Waals surface area contributed by atoms with E-state index < -0.39 is 6.10 Å². The number of esters is 1. The molecule has 1 N–H and O–H groups in total. The van der Waals surface area contributed by atoms with Crippen molar-refractivity contribution in [2.45, 2.75) is 18.9 Å². The zero-order chi connectivity index (χ0) is 9.84. The molecule has 0 spiro atoms. The van der Waals surface area contributed by atoms with Gasteiger partial charge in [0.15, 0.2) is 0 Å². The highest BCUT2D eigenvalue weighted by Crippen LogP contribution is 2.10. The molecule has 5 nitrogen and oxygen atoms in total. The van der Waals surface area contributed by atoms with Gasteiger partial charge in [-0.3, -0.25) is 9.59 Å². The molecule has 1 saturated heterocycles. The van der Waals surface area contributed by atoms with E-state index in [-0.39, 0.29) is 24.7 Å². The van der Waals surface area contributed by atoms with Crippen molar-refractivity contribution in [1.82, 2.24) is 4.90 Å². The van der Waals surface area contributed by atoms with Crippen molar-refractivity contribution in [2.75, 3.05) is 20.2 Å². The van der Waals surface area contributed by atoms with E-state index in [4.69, 9.17) is 5.11 Å². The molecule has 13 heavy (non-hydrogen) atoms. The number of methoxy groups -OCH3 is 1.